The van der Waals surface area contributed by atoms with Crippen LogP contribution in [0.4, 0.5) is 0 Å². The van der Waals surface area contributed by atoms with Crippen LogP contribution in [0, 0.1) is 0 Å². The van der Waals surface area contributed by atoms with Crippen molar-refractivity contribution in [2.75, 3.05) is 32.7 Å². The van der Waals surface area contributed by atoms with E-state index in [2.05, 4.69) is 15.4 Å². The van der Waals surface area contributed by atoms with Gasteiger partial charge < -0.3 is 21.2 Å². The Hall–Kier alpha value is -0.810. The minimum atomic E-state index is 0.292. The van der Waals surface area contributed by atoms with Crippen molar-refractivity contribution in [3.63, 3.8) is 0 Å². The first-order chi connectivity index (χ1) is 7.33. The van der Waals surface area contributed by atoms with E-state index in [-0.39, 0.29) is 0 Å². The van der Waals surface area contributed by atoms with Crippen LogP contribution >= 0.6 is 0 Å². The summed E-state index contributed by atoms with van der Waals surface area (Å²) in [6.07, 6.45) is 4.66. The van der Waals surface area contributed by atoms with Gasteiger partial charge in [-0.1, -0.05) is 11.6 Å². The normalized spacial score (nSPS) is 19.3. The van der Waals surface area contributed by atoms with E-state index >= 15 is 0 Å². The van der Waals surface area contributed by atoms with Gasteiger partial charge in [0.25, 0.3) is 0 Å². The Morgan fingerprint density at radius 2 is 2.00 bits per heavy atom. The van der Waals surface area contributed by atoms with Gasteiger partial charge in [-0.15, -0.1) is 0 Å². The summed E-state index contributed by atoms with van der Waals surface area (Å²) in [5.41, 5.74) is 5.35. The Kier molecular flexibility index (Phi) is 6.11. The number of nitrogens with one attached hydrogen (secondary N) is 1. The van der Waals surface area contributed by atoms with Crippen molar-refractivity contribution in [3.05, 3.63) is 0 Å². The van der Waals surface area contributed by atoms with Gasteiger partial charge in [0.15, 0.2) is 0 Å². The third-order valence-corrected chi connectivity index (χ3v) is 2.74. The molecule has 1 aliphatic heterocycles. The average Bonchev–Trinajstić information content (AvgIpc) is 2.29. The first kappa shape index (κ1) is 12.3. The minimum Gasteiger partial charge on any atom is -0.409 e. The summed E-state index contributed by atoms with van der Waals surface area (Å²) in [5, 5.41) is 14.5. The molecule has 15 heavy (non-hydrogen) atoms. The van der Waals surface area contributed by atoms with Crippen LogP contribution in [0.1, 0.15) is 25.7 Å². The maximum absolute atomic E-state index is 8.32. The Bertz CT molecular complexity index is 190. The SMILES string of the molecule is NC(CCNCCN1CCCCC1)=NO. The molecule has 0 amide bonds. The maximum Gasteiger partial charge on any atom is 0.140 e. The number of likely N-dealkylation sites (tertiary alicyclic amines) is 1. The molecule has 0 spiro atoms. The Morgan fingerprint density at radius 1 is 1.27 bits per heavy atom. The lowest BCUT2D eigenvalue weighted by molar-refractivity contribution is 0.229. The highest BCUT2D eigenvalue weighted by Gasteiger charge is 2.08. The number of piperidine rings is 1. The van der Waals surface area contributed by atoms with Crippen LogP contribution in [-0.2, 0) is 0 Å². The fourth-order valence-electron chi connectivity index (χ4n) is 1.81. The molecular formula is C10H22N4O. The van der Waals surface area contributed by atoms with Crippen LogP contribution in [0.3, 0.4) is 0 Å². The summed E-state index contributed by atoms with van der Waals surface area (Å²) < 4.78 is 0. The second-order valence-electron chi connectivity index (χ2n) is 3.99. The molecule has 1 heterocycles. The van der Waals surface area contributed by atoms with E-state index in [4.69, 9.17) is 10.9 Å². The fraction of sp³-hybridized carbons (Fsp3) is 0.900. The topological polar surface area (TPSA) is 73.9 Å². The van der Waals surface area contributed by atoms with Crippen molar-refractivity contribution >= 4 is 5.84 Å². The highest BCUT2D eigenvalue weighted by molar-refractivity contribution is 5.79. The van der Waals surface area contributed by atoms with Crippen LogP contribution in [-0.4, -0.2) is 48.7 Å². The molecule has 0 aromatic carbocycles. The molecule has 4 N–H and O–H groups in total. The molecule has 1 fully saturated rings. The van der Waals surface area contributed by atoms with Gasteiger partial charge in [-0.05, 0) is 25.9 Å². The number of nitrogens with two attached hydrogens (primary N) is 1. The van der Waals surface area contributed by atoms with E-state index in [1.54, 1.807) is 0 Å². The van der Waals surface area contributed by atoms with Crippen molar-refractivity contribution in [1.29, 1.82) is 0 Å². The Balaban J connectivity index is 1.92. The standard InChI is InChI=1S/C10H22N4O/c11-10(13-15)4-5-12-6-9-14-7-2-1-3-8-14/h12,15H,1-9H2,(H2,11,13). The summed E-state index contributed by atoms with van der Waals surface area (Å²) >= 11 is 0. The first-order valence-electron chi connectivity index (χ1n) is 5.72. The van der Waals surface area contributed by atoms with E-state index in [0.717, 1.165) is 19.6 Å². The van der Waals surface area contributed by atoms with Crippen LogP contribution in [0.2, 0.25) is 0 Å². The fourth-order valence-corrected chi connectivity index (χ4v) is 1.81. The van der Waals surface area contributed by atoms with E-state index in [0.29, 0.717) is 12.3 Å². The van der Waals surface area contributed by atoms with Crippen molar-refractivity contribution in [1.82, 2.24) is 10.2 Å². The molecule has 0 unspecified atom stereocenters. The lowest BCUT2D eigenvalue weighted by Gasteiger charge is -2.26. The van der Waals surface area contributed by atoms with Crippen LogP contribution in [0.15, 0.2) is 5.16 Å². The van der Waals surface area contributed by atoms with Gasteiger partial charge in [0.2, 0.25) is 0 Å². The van der Waals surface area contributed by atoms with E-state index < -0.39 is 0 Å². The molecule has 0 radical (unpaired) electrons. The van der Waals surface area contributed by atoms with Crippen molar-refractivity contribution in [2.45, 2.75) is 25.7 Å². The molecule has 1 rings (SSSR count). The second kappa shape index (κ2) is 7.48. The molecule has 0 atom stereocenters. The number of amidine groups is 1. The molecule has 5 heteroatoms. The first-order valence-corrected chi connectivity index (χ1v) is 5.72. The molecule has 1 saturated heterocycles. The summed E-state index contributed by atoms with van der Waals surface area (Å²) in [7, 11) is 0. The summed E-state index contributed by atoms with van der Waals surface area (Å²) in [4.78, 5) is 2.49. The highest BCUT2D eigenvalue weighted by Crippen LogP contribution is 2.07. The molecule has 0 aromatic heterocycles. The molecule has 0 aromatic rings. The second-order valence-corrected chi connectivity index (χ2v) is 3.99. The summed E-state index contributed by atoms with van der Waals surface area (Å²) in [6.45, 7) is 5.35. The zero-order valence-electron chi connectivity index (χ0n) is 9.28. The molecule has 0 aliphatic carbocycles. The molecule has 88 valence electrons. The van der Waals surface area contributed by atoms with Gasteiger partial charge in [0, 0.05) is 26.1 Å². The molecule has 5 nitrogen and oxygen atoms in total. The smallest absolute Gasteiger partial charge is 0.140 e. The van der Waals surface area contributed by atoms with E-state index in [9.17, 15) is 0 Å². The van der Waals surface area contributed by atoms with Crippen molar-refractivity contribution in [2.24, 2.45) is 10.9 Å². The van der Waals surface area contributed by atoms with E-state index in [1.165, 1.54) is 32.4 Å². The maximum atomic E-state index is 8.32. The van der Waals surface area contributed by atoms with Gasteiger partial charge in [0.05, 0.1) is 0 Å². The molecule has 1 aliphatic rings. The number of oxime groups is 1. The third-order valence-electron chi connectivity index (χ3n) is 2.74. The van der Waals surface area contributed by atoms with Gasteiger partial charge >= 0.3 is 0 Å². The lowest BCUT2D eigenvalue weighted by Crippen LogP contribution is -2.36. The molecule has 0 bridgehead atoms. The van der Waals surface area contributed by atoms with Crippen LogP contribution in [0.5, 0.6) is 0 Å². The van der Waals surface area contributed by atoms with Crippen LogP contribution in [0.25, 0.3) is 0 Å². The van der Waals surface area contributed by atoms with Gasteiger partial charge in [0.1, 0.15) is 5.84 Å². The number of hydrogen-bond acceptors (Lipinski definition) is 4. The predicted octanol–water partition coefficient (Wildman–Crippen LogP) is 0.198. The summed E-state index contributed by atoms with van der Waals surface area (Å²) in [5.74, 6) is 0.292. The van der Waals surface area contributed by atoms with Crippen LogP contribution < -0.4 is 11.1 Å². The van der Waals surface area contributed by atoms with Crippen molar-refractivity contribution < 1.29 is 5.21 Å². The number of nitrogens with zero attached hydrogens (tertiary/aromatic N) is 2. The molecular weight excluding hydrogens is 192 g/mol. The molecule has 0 saturated carbocycles. The zero-order chi connectivity index (χ0) is 10.9. The van der Waals surface area contributed by atoms with Gasteiger partial charge in [-0.2, -0.15) is 0 Å². The Morgan fingerprint density at radius 3 is 2.67 bits per heavy atom. The minimum absolute atomic E-state index is 0.292. The number of hydrogen-bond donors (Lipinski definition) is 3. The summed E-state index contributed by atoms with van der Waals surface area (Å²) in [6, 6.07) is 0. The average molecular weight is 214 g/mol. The van der Waals surface area contributed by atoms with Crippen molar-refractivity contribution in [3.8, 4) is 0 Å². The quantitative estimate of drug-likeness (QED) is 0.194. The van der Waals surface area contributed by atoms with Gasteiger partial charge in [-0.3, -0.25) is 0 Å². The van der Waals surface area contributed by atoms with E-state index in [1.807, 2.05) is 0 Å². The predicted molar refractivity (Wildman–Crippen MR) is 61.2 cm³/mol. The number of rotatable bonds is 6. The largest absolute Gasteiger partial charge is 0.409 e. The van der Waals surface area contributed by atoms with Gasteiger partial charge in [-0.25, -0.2) is 0 Å². The zero-order valence-corrected chi connectivity index (χ0v) is 9.28. The highest BCUT2D eigenvalue weighted by atomic mass is 16.4. The third kappa shape index (κ3) is 5.59. The monoisotopic (exact) mass is 214 g/mol. The Labute approximate surface area is 91.3 Å². The lowest BCUT2D eigenvalue weighted by atomic mass is 10.1.